The van der Waals surface area contributed by atoms with Gasteiger partial charge in [-0.15, -0.1) is 0 Å². The van der Waals surface area contributed by atoms with Crippen molar-refractivity contribution in [3.63, 3.8) is 0 Å². The maximum absolute atomic E-state index is 8.99. The zero-order valence-corrected chi connectivity index (χ0v) is 9.40. The first-order valence-electron chi connectivity index (χ1n) is 5.23. The summed E-state index contributed by atoms with van der Waals surface area (Å²) in [5.41, 5.74) is 1.05. The second-order valence-electron chi connectivity index (χ2n) is 3.75. The van der Waals surface area contributed by atoms with Crippen molar-refractivity contribution in [3.8, 4) is 11.8 Å². The molecule has 0 aliphatic heterocycles. The Kier molecular flexibility index (Phi) is 2.78. The van der Waals surface area contributed by atoms with Crippen LogP contribution in [0.2, 0.25) is 0 Å². The molecule has 2 aromatic carbocycles. The molecule has 80 valence electrons. The molecule has 2 aromatic rings. The van der Waals surface area contributed by atoms with Gasteiger partial charge in [-0.05, 0) is 23.9 Å². The van der Waals surface area contributed by atoms with Gasteiger partial charge in [0, 0.05) is 5.39 Å². The molecular formula is C14H13NO. The Morgan fingerprint density at radius 1 is 1.12 bits per heavy atom. The largest absolute Gasteiger partial charge is 0.496 e. The van der Waals surface area contributed by atoms with Gasteiger partial charge in [-0.2, -0.15) is 5.26 Å². The lowest BCUT2D eigenvalue weighted by Crippen LogP contribution is -1.93. The molecule has 0 saturated carbocycles. The predicted octanol–water partition coefficient (Wildman–Crippen LogP) is 3.48. The Bertz CT molecular complexity index is 554. The molecule has 0 fully saturated rings. The summed E-state index contributed by atoms with van der Waals surface area (Å²) in [6.07, 6.45) is 0. The Morgan fingerprint density at radius 2 is 1.81 bits per heavy atom. The van der Waals surface area contributed by atoms with E-state index in [-0.39, 0.29) is 5.92 Å². The first kappa shape index (κ1) is 10.5. The van der Waals surface area contributed by atoms with Gasteiger partial charge in [0.2, 0.25) is 0 Å². The van der Waals surface area contributed by atoms with Crippen molar-refractivity contribution in [2.75, 3.05) is 7.11 Å². The SMILES string of the molecule is COc1ccc(C(C)C#N)c2ccccc12. The highest BCUT2D eigenvalue weighted by Gasteiger charge is 2.10. The van der Waals surface area contributed by atoms with Gasteiger partial charge in [-0.25, -0.2) is 0 Å². The molecule has 0 aliphatic carbocycles. The minimum absolute atomic E-state index is 0.101. The quantitative estimate of drug-likeness (QED) is 0.761. The van der Waals surface area contributed by atoms with E-state index in [0.29, 0.717) is 0 Å². The summed E-state index contributed by atoms with van der Waals surface area (Å²) in [6.45, 7) is 1.91. The Labute approximate surface area is 95.1 Å². The van der Waals surface area contributed by atoms with Crippen LogP contribution in [0.5, 0.6) is 5.75 Å². The van der Waals surface area contributed by atoms with Crippen LogP contribution in [-0.2, 0) is 0 Å². The molecule has 16 heavy (non-hydrogen) atoms. The zero-order valence-electron chi connectivity index (χ0n) is 9.40. The van der Waals surface area contributed by atoms with E-state index in [0.717, 1.165) is 22.1 Å². The molecule has 0 spiro atoms. The van der Waals surface area contributed by atoms with E-state index in [9.17, 15) is 0 Å². The minimum Gasteiger partial charge on any atom is -0.496 e. The standard InChI is InChI=1S/C14H13NO/c1-10(9-15)11-7-8-14(16-2)13-6-4-3-5-12(11)13/h3-8,10H,1-2H3. The number of fused-ring (bicyclic) bond motifs is 1. The number of hydrogen-bond acceptors (Lipinski definition) is 2. The molecule has 2 heteroatoms. The molecule has 0 aromatic heterocycles. The van der Waals surface area contributed by atoms with Crippen molar-refractivity contribution < 1.29 is 4.74 Å². The van der Waals surface area contributed by atoms with Crippen LogP contribution in [0.4, 0.5) is 0 Å². The van der Waals surface area contributed by atoms with Crippen molar-refractivity contribution in [1.29, 1.82) is 5.26 Å². The highest BCUT2D eigenvalue weighted by Crippen LogP contribution is 2.31. The van der Waals surface area contributed by atoms with E-state index in [4.69, 9.17) is 10.00 Å². The fourth-order valence-electron chi connectivity index (χ4n) is 1.92. The number of nitriles is 1. The molecule has 2 nitrogen and oxygen atoms in total. The molecular weight excluding hydrogens is 198 g/mol. The molecule has 0 saturated heterocycles. The smallest absolute Gasteiger partial charge is 0.126 e. The molecule has 1 unspecified atom stereocenters. The summed E-state index contributed by atoms with van der Waals surface area (Å²) in [5, 5.41) is 11.1. The van der Waals surface area contributed by atoms with E-state index in [1.54, 1.807) is 7.11 Å². The van der Waals surface area contributed by atoms with Crippen molar-refractivity contribution in [1.82, 2.24) is 0 Å². The summed E-state index contributed by atoms with van der Waals surface area (Å²) < 4.78 is 5.31. The molecule has 1 atom stereocenters. The monoisotopic (exact) mass is 211 g/mol. The average molecular weight is 211 g/mol. The summed E-state index contributed by atoms with van der Waals surface area (Å²) in [6, 6.07) is 14.2. The fourth-order valence-corrected chi connectivity index (χ4v) is 1.92. The lowest BCUT2D eigenvalue weighted by Gasteiger charge is -2.11. The Balaban J connectivity index is 2.75. The van der Waals surface area contributed by atoms with Gasteiger partial charge in [0.15, 0.2) is 0 Å². The first-order chi connectivity index (χ1) is 7.77. The van der Waals surface area contributed by atoms with Crippen molar-refractivity contribution >= 4 is 10.8 Å². The predicted molar refractivity (Wildman–Crippen MR) is 64.5 cm³/mol. The third-order valence-corrected chi connectivity index (χ3v) is 2.80. The fraction of sp³-hybridized carbons (Fsp3) is 0.214. The third-order valence-electron chi connectivity index (χ3n) is 2.80. The van der Waals surface area contributed by atoms with Crippen LogP contribution in [0.15, 0.2) is 36.4 Å². The molecule has 0 aliphatic rings. The van der Waals surface area contributed by atoms with Crippen LogP contribution in [-0.4, -0.2) is 7.11 Å². The van der Waals surface area contributed by atoms with Crippen molar-refractivity contribution in [2.45, 2.75) is 12.8 Å². The second kappa shape index (κ2) is 4.24. The maximum Gasteiger partial charge on any atom is 0.126 e. The Morgan fingerprint density at radius 3 is 2.44 bits per heavy atom. The molecule has 0 N–H and O–H groups in total. The summed E-state index contributed by atoms with van der Waals surface area (Å²) in [5.74, 6) is 0.750. The highest BCUT2D eigenvalue weighted by molar-refractivity contribution is 5.91. The topological polar surface area (TPSA) is 33.0 Å². The number of methoxy groups -OCH3 is 1. The molecule has 0 heterocycles. The van der Waals surface area contributed by atoms with Gasteiger partial charge < -0.3 is 4.74 Å². The number of ether oxygens (including phenoxy) is 1. The van der Waals surface area contributed by atoms with Gasteiger partial charge >= 0.3 is 0 Å². The molecule has 0 amide bonds. The molecule has 0 radical (unpaired) electrons. The van der Waals surface area contributed by atoms with Gasteiger partial charge in [0.1, 0.15) is 5.75 Å². The van der Waals surface area contributed by atoms with E-state index in [1.807, 2.05) is 43.3 Å². The average Bonchev–Trinajstić information content (AvgIpc) is 2.36. The third kappa shape index (κ3) is 1.61. The van der Waals surface area contributed by atoms with Crippen LogP contribution >= 0.6 is 0 Å². The normalized spacial score (nSPS) is 12.1. The lowest BCUT2D eigenvalue weighted by atomic mass is 9.95. The van der Waals surface area contributed by atoms with Gasteiger partial charge in [0.05, 0.1) is 19.1 Å². The second-order valence-corrected chi connectivity index (χ2v) is 3.75. The van der Waals surface area contributed by atoms with Crippen LogP contribution in [0.3, 0.4) is 0 Å². The van der Waals surface area contributed by atoms with Crippen LogP contribution in [0, 0.1) is 11.3 Å². The number of benzene rings is 2. The van der Waals surface area contributed by atoms with E-state index in [2.05, 4.69) is 6.07 Å². The van der Waals surface area contributed by atoms with E-state index < -0.39 is 0 Å². The van der Waals surface area contributed by atoms with Crippen LogP contribution in [0.1, 0.15) is 18.4 Å². The number of nitrogens with zero attached hydrogens (tertiary/aromatic N) is 1. The summed E-state index contributed by atoms with van der Waals surface area (Å²) >= 11 is 0. The Hall–Kier alpha value is -2.01. The first-order valence-corrected chi connectivity index (χ1v) is 5.23. The number of rotatable bonds is 2. The summed E-state index contributed by atoms with van der Waals surface area (Å²) in [4.78, 5) is 0. The van der Waals surface area contributed by atoms with E-state index >= 15 is 0 Å². The summed E-state index contributed by atoms with van der Waals surface area (Å²) in [7, 11) is 1.66. The zero-order chi connectivity index (χ0) is 11.5. The van der Waals surface area contributed by atoms with Crippen molar-refractivity contribution in [2.24, 2.45) is 0 Å². The minimum atomic E-state index is -0.101. The van der Waals surface area contributed by atoms with E-state index in [1.165, 1.54) is 0 Å². The number of hydrogen-bond donors (Lipinski definition) is 0. The lowest BCUT2D eigenvalue weighted by molar-refractivity contribution is 0.419. The highest BCUT2D eigenvalue weighted by atomic mass is 16.5. The van der Waals surface area contributed by atoms with Crippen LogP contribution < -0.4 is 4.74 Å². The van der Waals surface area contributed by atoms with Gasteiger partial charge in [-0.1, -0.05) is 30.3 Å². The molecule has 2 rings (SSSR count). The van der Waals surface area contributed by atoms with Crippen LogP contribution in [0.25, 0.3) is 10.8 Å². The van der Waals surface area contributed by atoms with Crippen molar-refractivity contribution in [3.05, 3.63) is 42.0 Å². The van der Waals surface area contributed by atoms with Gasteiger partial charge in [0.25, 0.3) is 0 Å². The molecule has 0 bridgehead atoms. The van der Waals surface area contributed by atoms with Gasteiger partial charge in [-0.3, -0.25) is 0 Å². The maximum atomic E-state index is 8.99.